The van der Waals surface area contributed by atoms with Gasteiger partial charge in [0.2, 0.25) is 0 Å². The summed E-state index contributed by atoms with van der Waals surface area (Å²) < 4.78 is 6.61. The summed E-state index contributed by atoms with van der Waals surface area (Å²) in [4.78, 5) is 26.4. The molecule has 3 aromatic rings. The molecule has 0 radical (unpaired) electrons. The number of nitrogens with one attached hydrogen (secondary N) is 1. The number of para-hydroxylation sites is 1. The van der Waals surface area contributed by atoms with Crippen LogP contribution in [0.3, 0.4) is 0 Å². The average molecular weight is 338 g/mol. The molecule has 0 bridgehead atoms. The number of hydrogen-bond acceptors (Lipinski definition) is 4. The molecule has 0 saturated carbocycles. The number of aromatic nitrogens is 3. The Labute approximate surface area is 143 Å². The number of nitrogens with zero attached hydrogens (tertiary/aromatic N) is 3. The zero-order valence-corrected chi connectivity index (χ0v) is 13.6. The van der Waals surface area contributed by atoms with E-state index in [1.165, 1.54) is 12.5 Å². The second kappa shape index (κ2) is 6.43. The molecule has 1 fully saturated rings. The molecule has 1 amide bonds. The van der Waals surface area contributed by atoms with Crippen molar-refractivity contribution in [2.45, 2.75) is 18.8 Å². The SMILES string of the molecule is O=C(c1ccoc1)N1CCC(c2n[nH]c(=O)n2-c2ccccc2)CC1. The largest absolute Gasteiger partial charge is 0.472 e. The van der Waals surface area contributed by atoms with Crippen molar-refractivity contribution in [2.75, 3.05) is 13.1 Å². The van der Waals surface area contributed by atoms with E-state index in [0.29, 0.717) is 18.7 Å². The molecule has 7 heteroatoms. The van der Waals surface area contributed by atoms with Crippen LogP contribution < -0.4 is 5.69 Å². The highest BCUT2D eigenvalue weighted by molar-refractivity contribution is 5.93. The molecule has 128 valence electrons. The monoisotopic (exact) mass is 338 g/mol. The van der Waals surface area contributed by atoms with Crippen LogP contribution in [0, 0.1) is 0 Å². The van der Waals surface area contributed by atoms with E-state index in [4.69, 9.17) is 4.42 Å². The number of carbonyl (C=O) groups is 1. The third kappa shape index (κ3) is 2.88. The minimum Gasteiger partial charge on any atom is -0.472 e. The van der Waals surface area contributed by atoms with Gasteiger partial charge in [0.1, 0.15) is 12.1 Å². The van der Waals surface area contributed by atoms with E-state index in [0.717, 1.165) is 24.4 Å². The minimum atomic E-state index is -0.238. The molecule has 0 atom stereocenters. The Hall–Kier alpha value is -3.09. The van der Waals surface area contributed by atoms with E-state index in [1.807, 2.05) is 35.2 Å². The minimum absolute atomic E-state index is 0.0188. The fourth-order valence-electron chi connectivity index (χ4n) is 3.32. The van der Waals surface area contributed by atoms with Gasteiger partial charge in [-0.25, -0.2) is 14.5 Å². The molecule has 4 rings (SSSR count). The molecule has 1 N–H and O–H groups in total. The van der Waals surface area contributed by atoms with Crippen LogP contribution in [-0.4, -0.2) is 38.7 Å². The molecule has 0 unspecified atom stereocenters. The molecule has 1 aromatic carbocycles. The Morgan fingerprint density at radius 3 is 2.60 bits per heavy atom. The summed E-state index contributed by atoms with van der Waals surface area (Å²) in [7, 11) is 0. The molecule has 2 aromatic heterocycles. The van der Waals surface area contributed by atoms with Gasteiger partial charge in [-0.05, 0) is 31.0 Å². The van der Waals surface area contributed by atoms with Gasteiger partial charge < -0.3 is 9.32 Å². The van der Waals surface area contributed by atoms with Crippen LogP contribution >= 0.6 is 0 Å². The molecule has 1 saturated heterocycles. The standard InChI is InChI=1S/C18H18N4O3/c23-17(14-8-11-25-12-14)21-9-6-13(7-10-21)16-19-20-18(24)22(16)15-4-2-1-3-5-15/h1-5,8,11-13H,6-7,9-10H2,(H,20,24). The number of benzene rings is 1. The van der Waals surface area contributed by atoms with Gasteiger partial charge in [0.05, 0.1) is 17.5 Å². The van der Waals surface area contributed by atoms with Gasteiger partial charge in [-0.15, -0.1) is 0 Å². The number of H-pyrrole nitrogens is 1. The van der Waals surface area contributed by atoms with Crippen LogP contribution in [0.25, 0.3) is 5.69 Å². The predicted molar refractivity (Wildman–Crippen MR) is 90.8 cm³/mol. The lowest BCUT2D eigenvalue weighted by atomic mass is 9.95. The molecule has 0 spiro atoms. The highest BCUT2D eigenvalue weighted by Crippen LogP contribution is 2.28. The van der Waals surface area contributed by atoms with Crippen molar-refractivity contribution < 1.29 is 9.21 Å². The summed E-state index contributed by atoms with van der Waals surface area (Å²) >= 11 is 0. The Bertz CT molecular complexity index is 903. The van der Waals surface area contributed by atoms with Crippen molar-refractivity contribution >= 4 is 5.91 Å². The fraction of sp³-hybridized carbons (Fsp3) is 0.278. The van der Waals surface area contributed by atoms with Crippen LogP contribution in [0.5, 0.6) is 0 Å². The van der Waals surface area contributed by atoms with E-state index < -0.39 is 0 Å². The summed E-state index contributed by atoms with van der Waals surface area (Å²) in [6.07, 6.45) is 4.50. The summed E-state index contributed by atoms with van der Waals surface area (Å²) in [5.41, 5.74) is 1.13. The first-order valence-electron chi connectivity index (χ1n) is 8.28. The van der Waals surface area contributed by atoms with Crippen LogP contribution in [0.15, 0.2) is 58.1 Å². The fourth-order valence-corrected chi connectivity index (χ4v) is 3.32. The van der Waals surface area contributed by atoms with Crippen LogP contribution in [0.4, 0.5) is 0 Å². The van der Waals surface area contributed by atoms with Crippen LogP contribution in [-0.2, 0) is 0 Å². The molecular formula is C18H18N4O3. The van der Waals surface area contributed by atoms with E-state index in [-0.39, 0.29) is 17.5 Å². The number of likely N-dealkylation sites (tertiary alicyclic amines) is 1. The van der Waals surface area contributed by atoms with E-state index in [1.54, 1.807) is 10.6 Å². The maximum Gasteiger partial charge on any atom is 0.347 e. The summed E-state index contributed by atoms with van der Waals surface area (Å²) in [5.74, 6) is 0.842. The average Bonchev–Trinajstić information content (AvgIpc) is 3.32. The quantitative estimate of drug-likeness (QED) is 0.793. The molecule has 1 aliphatic rings. The summed E-state index contributed by atoms with van der Waals surface area (Å²) in [6.45, 7) is 1.26. The van der Waals surface area contributed by atoms with Crippen molar-refractivity contribution in [1.29, 1.82) is 0 Å². The third-order valence-corrected chi connectivity index (χ3v) is 4.63. The van der Waals surface area contributed by atoms with Crippen molar-refractivity contribution in [1.82, 2.24) is 19.7 Å². The lowest BCUT2D eigenvalue weighted by molar-refractivity contribution is 0.0710. The Morgan fingerprint density at radius 1 is 1.16 bits per heavy atom. The number of rotatable bonds is 3. The van der Waals surface area contributed by atoms with Gasteiger partial charge in [0.15, 0.2) is 0 Å². The zero-order chi connectivity index (χ0) is 17.2. The lowest BCUT2D eigenvalue weighted by Crippen LogP contribution is -2.38. The third-order valence-electron chi connectivity index (χ3n) is 4.63. The van der Waals surface area contributed by atoms with Gasteiger partial charge in [-0.3, -0.25) is 4.79 Å². The molecule has 7 nitrogen and oxygen atoms in total. The molecule has 0 aliphatic carbocycles. The Balaban J connectivity index is 1.52. The second-order valence-corrected chi connectivity index (χ2v) is 6.14. The molecule has 25 heavy (non-hydrogen) atoms. The van der Waals surface area contributed by atoms with Gasteiger partial charge in [-0.2, -0.15) is 5.10 Å². The number of piperidine rings is 1. The first-order chi connectivity index (χ1) is 12.2. The number of aromatic amines is 1. The van der Waals surface area contributed by atoms with E-state index >= 15 is 0 Å². The van der Waals surface area contributed by atoms with Crippen LogP contribution in [0.1, 0.15) is 34.9 Å². The lowest BCUT2D eigenvalue weighted by Gasteiger charge is -2.31. The molecule has 1 aliphatic heterocycles. The van der Waals surface area contributed by atoms with Crippen molar-refractivity contribution in [3.8, 4) is 5.69 Å². The smallest absolute Gasteiger partial charge is 0.347 e. The molecule has 3 heterocycles. The first-order valence-corrected chi connectivity index (χ1v) is 8.28. The predicted octanol–water partition coefficient (Wildman–Crippen LogP) is 2.17. The zero-order valence-electron chi connectivity index (χ0n) is 13.6. The van der Waals surface area contributed by atoms with Crippen molar-refractivity contribution in [3.63, 3.8) is 0 Å². The maximum absolute atomic E-state index is 12.4. The Kier molecular flexibility index (Phi) is 3.97. The second-order valence-electron chi connectivity index (χ2n) is 6.14. The highest BCUT2D eigenvalue weighted by Gasteiger charge is 2.28. The summed E-state index contributed by atoms with van der Waals surface area (Å²) in [5, 5.41) is 6.80. The van der Waals surface area contributed by atoms with E-state index in [9.17, 15) is 9.59 Å². The number of hydrogen-bond donors (Lipinski definition) is 1. The van der Waals surface area contributed by atoms with Crippen molar-refractivity contribution in [2.24, 2.45) is 0 Å². The number of furan rings is 1. The topological polar surface area (TPSA) is 84.1 Å². The van der Waals surface area contributed by atoms with Gasteiger partial charge in [0.25, 0.3) is 5.91 Å². The normalized spacial score (nSPS) is 15.4. The number of amides is 1. The first kappa shape index (κ1) is 15.4. The van der Waals surface area contributed by atoms with Gasteiger partial charge in [-0.1, -0.05) is 18.2 Å². The van der Waals surface area contributed by atoms with Crippen molar-refractivity contribution in [3.05, 3.63) is 70.8 Å². The molecular weight excluding hydrogens is 320 g/mol. The maximum atomic E-state index is 12.4. The number of carbonyl (C=O) groups excluding carboxylic acids is 1. The highest BCUT2D eigenvalue weighted by atomic mass is 16.3. The van der Waals surface area contributed by atoms with E-state index in [2.05, 4.69) is 10.2 Å². The van der Waals surface area contributed by atoms with Crippen LogP contribution in [0.2, 0.25) is 0 Å². The summed E-state index contributed by atoms with van der Waals surface area (Å²) in [6, 6.07) is 11.1. The Morgan fingerprint density at radius 2 is 1.92 bits per heavy atom. The van der Waals surface area contributed by atoms with Gasteiger partial charge >= 0.3 is 5.69 Å². The van der Waals surface area contributed by atoms with Gasteiger partial charge in [0, 0.05) is 19.0 Å².